The first-order valence-electron chi connectivity index (χ1n) is 5.95. The molecule has 0 spiro atoms. The highest BCUT2D eigenvalue weighted by molar-refractivity contribution is 7.92. The molecule has 4 nitrogen and oxygen atoms in total. The van der Waals surface area contributed by atoms with Crippen molar-refractivity contribution >= 4 is 21.4 Å². The molecule has 2 aromatic carbocycles. The summed E-state index contributed by atoms with van der Waals surface area (Å²) in [6.45, 7) is 3.46. The Morgan fingerprint density at radius 3 is 2.45 bits per heavy atom. The van der Waals surface area contributed by atoms with Gasteiger partial charge in [0.15, 0.2) is 0 Å². The number of nitrogens with one attached hydrogen (secondary N) is 1. The van der Waals surface area contributed by atoms with Gasteiger partial charge in [-0.3, -0.25) is 4.72 Å². The largest absolute Gasteiger partial charge is 0.397 e. The first kappa shape index (κ1) is 14.3. The Morgan fingerprint density at radius 1 is 1.10 bits per heavy atom. The van der Waals surface area contributed by atoms with Crippen molar-refractivity contribution in [1.82, 2.24) is 0 Å². The third-order valence-corrected chi connectivity index (χ3v) is 4.40. The fourth-order valence-corrected chi connectivity index (χ4v) is 3.18. The predicted octanol–water partition coefficient (Wildman–Crippen LogP) is 2.83. The third kappa shape index (κ3) is 2.91. The van der Waals surface area contributed by atoms with E-state index in [4.69, 9.17) is 5.73 Å². The first-order valence-corrected chi connectivity index (χ1v) is 7.43. The smallest absolute Gasteiger partial charge is 0.262 e. The van der Waals surface area contributed by atoms with E-state index in [1.807, 2.05) is 6.92 Å². The summed E-state index contributed by atoms with van der Waals surface area (Å²) in [5.74, 6) is -0.604. The molecule has 0 amide bonds. The Hall–Kier alpha value is -2.08. The van der Waals surface area contributed by atoms with Crippen LogP contribution in [0.1, 0.15) is 11.1 Å². The zero-order chi connectivity index (χ0) is 14.9. The maximum atomic E-state index is 13.2. The second kappa shape index (κ2) is 5.13. The Bertz CT molecular complexity index is 758. The van der Waals surface area contributed by atoms with Crippen molar-refractivity contribution in [3.05, 3.63) is 53.3 Å². The quantitative estimate of drug-likeness (QED) is 0.855. The van der Waals surface area contributed by atoms with Crippen LogP contribution in [-0.2, 0) is 10.0 Å². The summed E-state index contributed by atoms with van der Waals surface area (Å²) in [6, 6.07) is 8.61. The maximum absolute atomic E-state index is 13.2. The molecule has 0 radical (unpaired) electrons. The Balaban J connectivity index is 2.43. The number of hydrogen-bond donors (Lipinski definition) is 2. The molecule has 0 aliphatic rings. The van der Waals surface area contributed by atoms with Crippen molar-refractivity contribution in [1.29, 1.82) is 0 Å². The lowest BCUT2D eigenvalue weighted by molar-refractivity contribution is 0.594. The average molecular weight is 294 g/mol. The van der Waals surface area contributed by atoms with E-state index >= 15 is 0 Å². The summed E-state index contributed by atoms with van der Waals surface area (Å²) >= 11 is 0. The van der Waals surface area contributed by atoms with Crippen LogP contribution in [0.3, 0.4) is 0 Å². The summed E-state index contributed by atoms with van der Waals surface area (Å²) in [5.41, 5.74) is 7.76. The van der Waals surface area contributed by atoms with E-state index in [1.165, 1.54) is 12.1 Å². The second-order valence-corrected chi connectivity index (χ2v) is 6.26. The molecule has 0 aliphatic carbocycles. The van der Waals surface area contributed by atoms with Crippen LogP contribution in [0.25, 0.3) is 0 Å². The van der Waals surface area contributed by atoms with Crippen LogP contribution in [0.4, 0.5) is 15.8 Å². The van der Waals surface area contributed by atoms with E-state index in [0.29, 0.717) is 11.3 Å². The molecule has 0 heterocycles. The predicted molar refractivity (Wildman–Crippen MR) is 77.5 cm³/mol. The van der Waals surface area contributed by atoms with Gasteiger partial charge in [-0.15, -0.1) is 0 Å². The topological polar surface area (TPSA) is 72.2 Å². The average Bonchev–Trinajstić information content (AvgIpc) is 2.35. The van der Waals surface area contributed by atoms with E-state index in [2.05, 4.69) is 4.72 Å². The van der Waals surface area contributed by atoms with Gasteiger partial charge in [0.25, 0.3) is 10.0 Å². The van der Waals surface area contributed by atoms with Gasteiger partial charge in [0, 0.05) is 0 Å². The number of nitrogens with two attached hydrogens (primary N) is 1. The van der Waals surface area contributed by atoms with Crippen LogP contribution in [0, 0.1) is 19.7 Å². The van der Waals surface area contributed by atoms with E-state index in [0.717, 1.165) is 11.6 Å². The van der Waals surface area contributed by atoms with Crippen LogP contribution in [0.2, 0.25) is 0 Å². The van der Waals surface area contributed by atoms with Crippen LogP contribution in [0.5, 0.6) is 0 Å². The minimum absolute atomic E-state index is 0.0996. The van der Waals surface area contributed by atoms with Crippen molar-refractivity contribution in [3.63, 3.8) is 0 Å². The normalized spacial score (nSPS) is 11.3. The van der Waals surface area contributed by atoms with Crippen molar-refractivity contribution in [3.8, 4) is 0 Å². The van der Waals surface area contributed by atoms with Gasteiger partial charge in [-0.25, -0.2) is 12.8 Å². The van der Waals surface area contributed by atoms with E-state index in [-0.39, 0.29) is 10.6 Å². The van der Waals surface area contributed by atoms with Gasteiger partial charge < -0.3 is 5.73 Å². The molecule has 0 saturated carbocycles. The standard InChI is InChI=1S/C14H15FN2O2S/c1-9-3-6-13(12(16)7-9)17-20(18,19)14-8-11(15)5-4-10(14)2/h3-8,17H,16H2,1-2H3. The molecule has 0 bridgehead atoms. The summed E-state index contributed by atoms with van der Waals surface area (Å²) < 4.78 is 40.2. The highest BCUT2D eigenvalue weighted by atomic mass is 32.2. The summed E-state index contributed by atoms with van der Waals surface area (Å²) in [4.78, 5) is -0.0996. The lowest BCUT2D eigenvalue weighted by Gasteiger charge is -2.12. The highest BCUT2D eigenvalue weighted by Crippen LogP contribution is 2.24. The number of nitrogen functional groups attached to an aromatic ring is 1. The van der Waals surface area contributed by atoms with Gasteiger partial charge in [-0.05, 0) is 49.2 Å². The Labute approximate surface area is 117 Å². The van der Waals surface area contributed by atoms with E-state index in [1.54, 1.807) is 25.1 Å². The third-order valence-electron chi connectivity index (χ3n) is 2.89. The monoisotopic (exact) mass is 294 g/mol. The Morgan fingerprint density at radius 2 is 1.80 bits per heavy atom. The number of anilines is 2. The lowest BCUT2D eigenvalue weighted by Crippen LogP contribution is -2.15. The van der Waals surface area contributed by atoms with Crippen molar-refractivity contribution in [2.45, 2.75) is 18.7 Å². The number of aryl methyl sites for hydroxylation is 2. The molecule has 0 aromatic heterocycles. The number of sulfonamides is 1. The zero-order valence-electron chi connectivity index (χ0n) is 11.1. The summed E-state index contributed by atoms with van der Waals surface area (Å²) in [5, 5.41) is 0. The maximum Gasteiger partial charge on any atom is 0.262 e. The molecule has 0 saturated heterocycles. The van der Waals surface area contributed by atoms with E-state index < -0.39 is 15.8 Å². The molecule has 2 rings (SSSR count). The van der Waals surface area contributed by atoms with Crippen LogP contribution < -0.4 is 10.5 Å². The Kier molecular flexibility index (Phi) is 3.67. The fourth-order valence-electron chi connectivity index (χ4n) is 1.84. The second-order valence-electron chi connectivity index (χ2n) is 4.61. The molecule has 0 unspecified atom stereocenters. The lowest BCUT2D eigenvalue weighted by atomic mass is 10.2. The van der Waals surface area contributed by atoms with Crippen molar-refractivity contribution < 1.29 is 12.8 Å². The molecular weight excluding hydrogens is 279 g/mol. The van der Waals surface area contributed by atoms with Gasteiger partial charge >= 0.3 is 0 Å². The summed E-state index contributed by atoms with van der Waals surface area (Å²) in [7, 11) is -3.87. The minimum Gasteiger partial charge on any atom is -0.397 e. The van der Waals surface area contributed by atoms with Gasteiger partial charge in [0.1, 0.15) is 5.82 Å². The molecule has 106 valence electrons. The first-order chi connectivity index (χ1) is 9.29. The zero-order valence-corrected chi connectivity index (χ0v) is 12.0. The number of hydrogen-bond acceptors (Lipinski definition) is 3. The molecular formula is C14H15FN2O2S. The molecule has 0 atom stereocenters. The summed E-state index contributed by atoms with van der Waals surface area (Å²) in [6.07, 6.45) is 0. The van der Waals surface area contributed by atoms with Crippen molar-refractivity contribution in [2.24, 2.45) is 0 Å². The molecule has 2 aromatic rings. The van der Waals surface area contributed by atoms with E-state index in [9.17, 15) is 12.8 Å². The SMILES string of the molecule is Cc1ccc(NS(=O)(=O)c2cc(F)ccc2C)c(N)c1. The molecule has 0 aliphatic heterocycles. The van der Waals surface area contributed by atoms with Crippen LogP contribution in [0.15, 0.2) is 41.3 Å². The number of halogens is 1. The van der Waals surface area contributed by atoms with Crippen LogP contribution in [-0.4, -0.2) is 8.42 Å². The van der Waals surface area contributed by atoms with Gasteiger partial charge in [-0.2, -0.15) is 0 Å². The molecule has 3 N–H and O–H groups in total. The fraction of sp³-hybridized carbons (Fsp3) is 0.143. The minimum atomic E-state index is -3.87. The number of rotatable bonds is 3. The highest BCUT2D eigenvalue weighted by Gasteiger charge is 2.18. The molecule has 6 heteroatoms. The molecule has 20 heavy (non-hydrogen) atoms. The van der Waals surface area contributed by atoms with Gasteiger partial charge in [0.2, 0.25) is 0 Å². The van der Waals surface area contributed by atoms with Crippen molar-refractivity contribution in [2.75, 3.05) is 10.5 Å². The molecule has 0 fully saturated rings. The van der Waals surface area contributed by atoms with Crippen LogP contribution >= 0.6 is 0 Å². The van der Waals surface area contributed by atoms with Gasteiger partial charge in [-0.1, -0.05) is 12.1 Å². The number of benzene rings is 2. The van der Waals surface area contributed by atoms with Gasteiger partial charge in [0.05, 0.1) is 16.3 Å².